The minimum atomic E-state index is -3.88. The molecular weight excluding hydrogens is 340 g/mol. The van der Waals surface area contributed by atoms with Crippen molar-refractivity contribution in [2.45, 2.75) is 37.6 Å². The lowest BCUT2D eigenvalue weighted by molar-refractivity contribution is -0.385. The molecular formula is C18H20N2O4S. The molecule has 1 N–H and O–H groups in total. The zero-order chi connectivity index (χ0) is 18.2. The summed E-state index contributed by atoms with van der Waals surface area (Å²) >= 11 is 0. The number of aryl methyl sites for hydroxylation is 1. The highest BCUT2D eigenvalue weighted by Crippen LogP contribution is 2.42. The van der Waals surface area contributed by atoms with Crippen LogP contribution in [0.25, 0.3) is 0 Å². The molecule has 0 radical (unpaired) electrons. The number of nitro groups is 1. The molecule has 0 unspecified atom stereocenters. The molecule has 132 valence electrons. The largest absolute Gasteiger partial charge is 0.271 e. The first-order chi connectivity index (χ1) is 11.8. The lowest BCUT2D eigenvalue weighted by Gasteiger charge is -2.20. The Hall–Kier alpha value is -2.25. The number of nitrogens with one attached hydrogen (secondary N) is 1. The molecule has 1 aliphatic carbocycles. The summed E-state index contributed by atoms with van der Waals surface area (Å²) in [6.07, 6.45) is 1.93. The van der Waals surface area contributed by atoms with Crippen LogP contribution in [-0.4, -0.2) is 13.3 Å². The lowest BCUT2D eigenvalue weighted by atomic mass is 10.0. The van der Waals surface area contributed by atoms with E-state index in [0.29, 0.717) is 11.1 Å². The van der Waals surface area contributed by atoms with E-state index in [1.165, 1.54) is 6.07 Å². The molecule has 0 aliphatic heterocycles. The molecule has 3 rings (SSSR count). The monoisotopic (exact) mass is 360 g/mol. The van der Waals surface area contributed by atoms with E-state index in [9.17, 15) is 18.5 Å². The Morgan fingerprint density at radius 1 is 1.16 bits per heavy atom. The van der Waals surface area contributed by atoms with Crippen molar-refractivity contribution in [1.82, 2.24) is 4.72 Å². The first-order valence-electron chi connectivity index (χ1n) is 8.12. The van der Waals surface area contributed by atoms with Crippen molar-refractivity contribution in [3.8, 4) is 0 Å². The Balaban J connectivity index is 2.00. The minimum absolute atomic E-state index is 0.0271. The Kier molecular flexibility index (Phi) is 4.62. The van der Waals surface area contributed by atoms with Crippen LogP contribution in [0.15, 0.2) is 47.4 Å². The summed E-state index contributed by atoms with van der Waals surface area (Å²) in [6.45, 7) is 3.35. The number of nitrogens with zero attached hydrogens (tertiary/aromatic N) is 1. The Morgan fingerprint density at radius 2 is 1.80 bits per heavy atom. The molecule has 1 fully saturated rings. The van der Waals surface area contributed by atoms with Crippen molar-refractivity contribution in [1.29, 1.82) is 0 Å². The normalized spacial score (nSPS) is 15.8. The third-order valence-electron chi connectivity index (χ3n) is 4.64. The quantitative estimate of drug-likeness (QED) is 0.629. The molecule has 2 aromatic carbocycles. The summed E-state index contributed by atoms with van der Waals surface area (Å²) in [6, 6.07) is 11.7. The fourth-order valence-electron chi connectivity index (χ4n) is 2.95. The molecule has 1 saturated carbocycles. The van der Waals surface area contributed by atoms with Gasteiger partial charge in [0.15, 0.2) is 0 Å². The first kappa shape index (κ1) is 17.6. The van der Waals surface area contributed by atoms with Crippen molar-refractivity contribution in [2.24, 2.45) is 5.92 Å². The number of non-ortho nitro benzene ring substituents is 1. The Morgan fingerprint density at radius 3 is 2.36 bits per heavy atom. The smallest absolute Gasteiger partial charge is 0.258 e. The van der Waals surface area contributed by atoms with E-state index in [-0.39, 0.29) is 22.5 Å². The predicted molar refractivity (Wildman–Crippen MR) is 94.8 cm³/mol. The number of sulfonamides is 1. The number of hydrogen-bond donors (Lipinski definition) is 1. The SMILES string of the molecule is Cc1cc([N+](=O)[O-])cc(S(=O)(=O)N[C@@H](c2ccccc2)C2CC2)c1C. The van der Waals surface area contributed by atoms with Crippen molar-refractivity contribution in [3.63, 3.8) is 0 Å². The molecule has 1 atom stereocenters. The van der Waals surface area contributed by atoms with Gasteiger partial charge in [-0.05, 0) is 49.3 Å². The molecule has 25 heavy (non-hydrogen) atoms. The van der Waals surface area contributed by atoms with Gasteiger partial charge in [0.25, 0.3) is 5.69 Å². The molecule has 1 aliphatic rings. The van der Waals surface area contributed by atoms with Crippen LogP contribution in [0.2, 0.25) is 0 Å². The summed E-state index contributed by atoms with van der Waals surface area (Å²) in [5.41, 5.74) is 1.80. The zero-order valence-corrected chi connectivity index (χ0v) is 14.9. The third kappa shape index (κ3) is 3.72. The zero-order valence-electron chi connectivity index (χ0n) is 14.1. The fraction of sp³-hybridized carbons (Fsp3) is 0.333. The average molecular weight is 360 g/mol. The average Bonchev–Trinajstić information content (AvgIpc) is 3.40. The van der Waals surface area contributed by atoms with Gasteiger partial charge < -0.3 is 0 Å². The number of nitro benzene ring substituents is 1. The van der Waals surface area contributed by atoms with Crippen LogP contribution in [0.1, 0.15) is 35.6 Å². The Labute approximate surface area is 147 Å². The topological polar surface area (TPSA) is 89.3 Å². The summed E-state index contributed by atoms with van der Waals surface area (Å²) in [5, 5.41) is 11.1. The molecule has 0 amide bonds. The van der Waals surface area contributed by atoms with Gasteiger partial charge >= 0.3 is 0 Å². The summed E-state index contributed by atoms with van der Waals surface area (Å²) in [5.74, 6) is 0.261. The highest BCUT2D eigenvalue weighted by molar-refractivity contribution is 7.89. The number of hydrogen-bond acceptors (Lipinski definition) is 4. The molecule has 2 aromatic rings. The molecule has 0 heterocycles. The van der Waals surface area contributed by atoms with Gasteiger partial charge in [-0.2, -0.15) is 0 Å². The second-order valence-corrected chi connectivity index (χ2v) is 8.17. The van der Waals surface area contributed by atoms with E-state index in [1.54, 1.807) is 13.8 Å². The molecule has 0 spiro atoms. The van der Waals surface area contributed by atoms with E-state index in [0.717, 1.165) is 24.5 Å². The van der Waals surface area contributed by atoms with Crippen LogP contribution in [0.3, 0.4) is 0 Å². The van der Waals surface area contributed by atoms with Gasteiger partial charge in [0, 0.05) is 18.2 Å². The van der Waals surface area contributed by atoms with Crippen molar-refractivity contribution >= 4 is 15.7 Å². The van der Waals surface area contributed by atoms with Gasteiger partial charge in [0.1, 0.15) is 0 Å². The standard InChI is InChI=1S/C18H20N2O4S/c1-12-10-16(20(21)22)11-17(13(12)2)25(23,24)19-18(15-8-9-15)14-6-4-3-5-7-14/h3-7,10-11,15,18-19H,8-9H2,1-2H3/t18-/m0/s1. The van der Waals surface area contributed by atoms with Crippen molar-refractivity contribution in [3.05, 3.63) is 69.3 Å². The van der Waals surface area contributed by atoms with E-state index in [1.807, 2.05) is 30.3 Å². The lowest BCUT2D eigenvalue weighted by Crippen LogP contribution is -2.30. The maximum absolute atomic E-state index is 13.0. The second kappa shape index (κ2) is 6.57. The van der Waals surface area contributed by atoms with Crippen LogP contribution >= 0.6 is 0 Å². The van der Waals surface area contributed by atoms with Crippen LogP contribution in [0, 0.1) is 29.9 Å². The van der Waals surface area contributed by atoms with Gasteiger partial charge in [0.2, 0.25) is 10.0 Å². The minimum Gasteiger partial charge on any atom is -0.258 e. The van der Waals surface area contributed by atoms with Crippen molar-refractivity contribution in [2.75, 3.05) is 0 Å². The molecule has 7 heteroatoms. The van der Waals surface area contributed by atoms with Gasteiger partial charge in [-0.3, -0.25) is 10.1 Å². The van der Waals surface area contributed by atoms with Gasteiger partial charge in [-0.15, -0.1) is 0 Å². The fourth-order valence-corrected chi connectivity index (χ4v) is 4.58. The van der Waals surface area contributed by atoms with Crippen LogP contribution in [-0.2, 0) is 10.0 Å². The van der Waals surface area contributed by atoms with E-state index >= 15 is 0 Å². The molecule has 0 bridgehead atoms. The Bertz CT molecular complexity index is 906. The van der Waals surface area contributed by atoms with E-state index < -0.39 is 14.9 Å². The molecule has 0 saturated heterocycles. The maximum Gasteiger partial charge on any atom is 0.271 e. The highest BCUT2D eigenvalue weighted by Gasteiger charge is 2.36. The van der Waals surface area contributed by atoms with Crippen LogP contribution in [0.5, 0.6) is 0 Å². The van der Waals surface area contributed by atoms with Gasteiger partial charge in [-0.25, -0.2) is 13.1 Å². The highest BCUT2D eigenvalue weighted by atomic mass is 32.2. The number of benzene rings is 2. The molecule has 6 nitrogen and oxygen atoms in total. The van der Waals surface area contributed by atoms with E-state index in [2.05, 4.69) is 4.72 Å². The van der Waals surface area contributed by atoms with Crippen LogP contribution in [0.4, 0.5) is 5.69 Å². The summed E-state index contributed by atoms with van der Waals surface area (Å²) in [4.78, 5) is 10.5. The summed E-state index contributed by atoms with van der Waals surface area (Å²) in [7, 11) is -3.88. The number of rotatable bonds is 6. The second-order valence-electron chi connectivity index (χ2n) is 6.49. The van der Waals surface area contributed by atoms with Crippen LogP contribution < -0.4 is 4.72 Å². The first-order valence-corrected chi connectivity index (χ1v) is 9.61. The van der Waals surface area contributed by atoms with Gasteiger partial charge in [0.05, 0.1) is 9.82 Å². The summed E-state index contributed by atoms with van der Waals surface area (Å²) < 4.78 is 28.7. The van der Waals surface area contributed by atoms with Crippen molar-refractivity contribution < 1.29 is 13.3 Å². The predicted octanol–water partition coefficient (Wildman–Crippen LogP) is 3.64. The van der Waals surface area contributed by atoms with Gasteiger partial charge in [-0.1, -0.05) is 30.3 Å². The molecule has 0 aromatic heterocycles. The van der Waals surface area contributed by atoms with E-state index in [4.69, 9.17) is 0 Å². The maximum atomic E-state index is 13.0. The third-order valence-corrected chi connectivity index (χ3v) is 6.21.